The lowest BCUT2D eigenvalue weighted by molar-refractivity contribution is -0.168. The van der Waals surface area contributed by atoms with Crippen LogP contribution in [-0.4, -0.2) is 51.9 Å². The Hall–Kier alpha value is -4.39. The van der Waals surface area contributed by atoms with Crippen molar-refractivity contribution in [3.8, 4) is 5.75 Å². The van der Waals surface area contributed by atoms with Gasteiger partial charge in [0.15, 0.2) is 0 Å². The summed E-state index contributed by atoms with van der Waals surface area (Å²) in [6.45, 7) is 0.781. The normalized spacial score (nSPS) is 24.3. The van der Waals surface area contributed by atoms with Crippen molar-refractivity contribution in [3.05, 3.63) is 138 Å². The Bertz CT molecular complexity index is 1760. The molecule has 6 heteroatoms. The molecule has 4 atom stereocenters. The zero-order chi connectivity index (χ0) is 30.5. The summed E-state index contributed by atoms with van der Waals surface area (Å²) >= 11 is 0. The number of likely N-dealkylation sites (tertiary alicyclic amines) is 1. The first-order chi connectivity index (χ1) is 21.4. The Labute approximate surface area is 258 Å². The molecule has 0 spiro atoms. The summed E-state index contributed by atoms with van der Waals surface area (Å²) in [4.78, 5) is 16.1. The van der Waals surface area contributed by atoms with E-state index in [2.05, 4.69) is 41.0 Å². The number of benzene rings is 4. The van der Waals surface area contributed by atoms with Crippen LogP contribution in [0.1, 0.15) is 28.7 Å². The molecule has 4 unspecified atom stereocenters. The number of amides is 1. The molecular weight excluding hydrogens is 548 g/mol. The van der Waals surface area contributed by atoms with Crippen LogP contribution in [0.15, 0.2) is 115 Å². The van der Waals surface area contributed by atoms with Gasteiger partial charge in [-0.1, -0.05) is 97.1 Å². The van der Waals surface area contributed by atoms with Crippen LogP contribution in [0.4, 0.5) is 0 Å². The second-order valence-corrected chi connectivity index (χ2v) is 12.4. The number of aliphatic hydroxyl groups is 2. The third-order valence-corrected chi connectivity index (χ3v) is 10.3. The van der Waals surface area contributed by atoms with Crippen LogP contribution in [0, 0.1) is 11.8 Å². The van der Waals surface area contributed by atoms with E-state index in [0.717, 1.165) is 27.6 Å². The predicted octanol–water partition coefficient (Wildman–Crippen LogP) is 5.44. The summed E-state index contributed by atoms with van der Waals surface area (Å²) in [5, 5.41) is 26.0. The lowest BCUT2D eigenvalue weighted by Gasteiger charge is -2.55. The number of aryl methyl sites for hydroxylation is 1. The molecule has 2 N–H and O–H groups in total. The van der Waals surface area contributed by atoms with Crippen LogP contribution < -0.4 is 4.74 Å². The van der Waals surface area contributed by atoms with Crippen LogP contribution in [0.5, 0.6) is 5.75 Å². The topological polar surface area (TPSA) is 74.9 Å². The van der Waals surface area contributed by atoms with Crippen molar-refractivity contribution < 1.29 is 19.7 Å². The van der Waals surface area contributed by atoms with E-state index in [9.17, 15) is 15.0 Å². The van der Waals surface area contributed by atoms with Gasteiger partial charge >= 0.3 is 0 Å². The van der Waals surface area contributed by atoms with Gasteiger partial charge < -0.3 is 24.4 Å². The lowest BCUT2D eigenvalue weighted by Crippen LogP contribution is -2.60. The molecule has 2 heterocycles. The minimum Gasteiger partial charge on any atom is -0.496 e. The number of carbonyl (C=O) groups is 1. The van der Waals surface area contributed by atoms with Crippen molar-refractivity contribution in [3.63, 3.8) is 0 Å². The maximum absolute atomic E-state index is 14.2. The highest BCUT2D eigenvalue weighted by molar-refractivity contribution is 5.89. The molecule has 1 aliphatic carbocycles. The number of nitrogens with zero attached hydrogens (tertiary/aromatic N) is 2. The first kappa shape index (κ1) is 28.4. The van der Waals surface area contributed by atoms with Crippen molar-refractivity contribution in [2.45, 2.75) is 30.0 Å². The maximum atomic E-state index is 14.2. The highest BCUT2D eigenvalue weighted by atomic mass is 16.5. The van der Waals surface area contributed by atoms with E-state index in [0.29, 0.717) is 30.8 Å². The van der Waals surface area contributed by atoms with Crippen molar-refractivity contribution in [1.29, 1.82) is 0 Å². The van der Waals surface area contributed by atoms with Gasteiger partial charge in [0, 0.05) is 54.1 Å². The fourth-order valence-electron chi connectivity index (χ4n) is 8.31. The first-order valence-electron chi connectivity index (χ1n) is 15.3. The van der Waals surface area contributed by atoms with Crippen LogP contribution in [0.3, 0.4) is 0 Å². The number of aromatic nitrogens is 1. The molecule has 1 aliphatic heterocycles. The van der Waals surface area contributed by atoms with E-state index in [1.54, 1.807) is 7.11 Å². The second kappa shape index (κ2) is 11.0. The van der Waals surface area contributed by atoms with Crippen molar-refractivity contribution >= 4 is 16.8 Å². The molecular formula is C38H38N2O4. The largest absolute Gasteiger partial charge is 0.496 e. The van der Waals surface area contributed by atoms with E-state index in [1.807, 2.05) is 90.9 Å². The summed E-state index contributed by atoms with van der Waals surface area (Å²) in [7, 11) is 3.59. The number of aliphatic hydroxyl groups excluding tert-OH is 1. The average molecular weight is 587 g/mol. The molecule has 224 valence electrons. The van der Waals surface area contributed by atoms with Gasteiger partial charge in [0.1, 0.15) is 11.4 Å². The second-order valence-electron chi connectivity index (χ2n) is 12.4. The van der Waals surface area contributed by atoms with Crippen LogP contribution in [0.2, 0.25) is 0 Å². The number of ether oxygens (including phenoxy) is 1. The molecule has 44 heavy (non-hydrogen) atoms. The Morgan fingerprint density at radius 2 is 1.43 bits per heavy atom. The van der Waals surface area contributed by atoms with Gasteiger partial charge in [0.05, 0.1) is 19.6 Å². The zero-order valence-electron chi connectivity index (χ0n) is 25.1. The quantitative estimate of drug-likeness (QED) is 0.278. The summed E-state index contributed by atoms with van der Waals surface area (Å²) in [5.74, 6) is -0.0931. The first-order valence-corrected chi connectivity index (χ1v) is 15.3. The fourth-order valence-corrected chi connectivity index (χ4v) is 8.31. The maximum Gasteiger partial charge on any atom is 0.227 e. The summed E-state index contributed by atoms with van der Waals surface area (Å²) < 4.78 is 7.79. The predicted molar refractivity (Wildman–Crippen MR) is 171 cm³/mol. The van der Waals surface area contributed by atoms with Crippen molar-refractivity contribution in [2.24, 2.45) is 18.9 Å². The molecule has 4 aromatic carbocycles. The van der Waals surface area contributed by atoms with Crippen LogP contribution >= 0.6 is 0 Å². The molecule has 0 radical (unpaired) electrons. The molecule has 5 aromatic rings. The van der Waals surface area contributed by atoms with Gasteiger partial charge in [0.25, 0.3) is 0 Å². The highest BCUT2D eigenvalue weighted by Gasteiger charge is 2.64. The molecule has 1 saturated carbocycles. The minimum absolute atomic E-state index is 0.0163. The third-order valence-electron chi connectivity index (χ3n) is 10.3. The van der Waals surface area contributed by atoms with Gasteiger partial charge in [-0.15, -0.1) is 0 Å². The number of hydrogen-bond donors (Lipinski definition) is 2. The molecule has 2 aliphatic rings. The fraction of sp³-hybridized carbons (Fsp3) is 0.289. The van der Waals surface area contributed by atoms with E-state index < -0.39 is 23.0 Å². The van der Waals surface area contributed by atoms with Crippen LogP contribution in [-0.2, 0) is 29.3 Å². The molecule has 7 rings (SSSR count). The van der Waals surface area contributed by atoms with Gasteiger partial charge in [-0.05, 0) is 41.2 Å². The summed E-state index contributed by atoms with van der Waals surface area (Å²) in [6.07, 6.45) is 1.48. The van der Waals surface area contributed by atoms with Crippen molar-refractivity contribution in [1.82, 2.24) is 9.47 Å². The van der Waals surface area contributed by atoms with Crippen molar-refractivity contribution in [2.75, 3.05) is 20.2 Å². The number of hydrogen-bond acceptors (Lipinski definition) is 4. The molecule has 2 fully saturated rings. The standard InChI is InChI=1S/C38H38N2O4/c1-39-23-26(29-17-9-11-19-33(29)39)21-36(42)40-24-31-32(25-40)38(43,30-18-10-12-20-34(30)44-2)35(41)22-37(31,27-13-5-3-6-14-27)28-15-7-4-8-16-28/h3-20,23,31-32,35,41,43H,21-22,24-25H2,1-2H3. The monoisotopic (exact) mass is 586 g/mol. The Balaban J connectivity index is 1.36. The molecule has 1 aromatic heterocycles. The number of para-hydroxylation sites is 2. The minimum atomic E-state index is -1.63. The molecule has 1 saturated heterocycles. The van der Waals surface area contributed by atoms with E-state index in [1.165, 1.54) is 0 Å². The number of rotatable bonds is 6. The lowest BCUT2D eigenvalue weighted by atomic mass is 9.51. The Morgan fingerprint density at radius 3 is 2.11 bits per heavy atom. The average Bonchev–Trinajstić information content (AvgIpc) is 3.66. The van der Waals surface area contributed by atoms with E-state index in [4.69, 9.17) is 4.74 Å². The summed E-state index contributed by atoms with van der Waals surface area (Å²) in [6, 6.07) is 36.1. The van der Waals surface area contributed by atoms with Gasteiger partial charge in [-0.25, -0.2) is 0 Å². The van der Waals surface area contributed by atoms with Gasteiger partial charge in [0.2, 0.25) is 5.91 Å². The third kappa shape index (κ3) is 4.27. The zero-order valence-corrected chi connectivity index (χ0v) is 25.1. The highest BCUT2D eigenvalue weighted by Crippen LogP contribution is 2.60. The number of carbonyl (C=O) groups excluding carboxylic acids is 1. The molecule has 6 nitrogen and oxygen atoms in total. The Kier molecular flexibility index (Phi) is 7.07. The number of methoxy groups -OCH3 is 1. The summed E-state index contributed by atoms with van der Waals surface area (Å²) in [5.41, 5.74) is 2.53. The van der Waals surface area contributed by atoms with E-state index in [-0.39, 0.29) is 18.2 Å². The molecule has 0 bridgehead atoms. The van der Waals surface area contributed by atoms with Crippen LogP contribution in [0.25, 0.3) is 10.9 Å². The van der Waals surface area contributed by atoms with Gasteiger partial charge in [-0.2, -0.15) is 0 Å². The SMILES string of the molecule is COc1ccccc1C1(O)C(O)CC(c2ccccc2)(c2ccccc2)C2CN(C(=O)Cc3cn(C)c4ccccc34)CC21. The smallest absolute Gasteiger partial charge is 0.227 e. The Morgan fingerprint density at radius 1 is 0.841 bits per heavy atom. The van der Waals surface area contributed by atoms with E-state index >= 15 is 0 Å². The van der Waals surface area contributed by atoms with Gasteiger partial charge in [-0.3, -0.25) is 4.79 Å². The molecule has 1 amide bonds. The number of fused-ring (bicyclic) bond motifs is 2.